The molecule has 52 valence electrons. The van der Waals surface area contributed by atoms with E-state index in [1.54, 1.807) is 6.20 Å². The molecule has 0 saturated heterocycles. The number of ether oxygens (including phenoxy) is 1. The van der Waals surface area contributed by atoms with E-state index in [1.165, 1.54) is 0 Å². The van der Waals surface area contributed by atoms with Gasteiger partial charge in [0.25, 0.3) is 5.56 Å². The van der Waals surface area contributed by atoms with Gasteiger partial charge in [0, 0.05) is 11.8 Å². The summed E-state index contributed by atoms with van der Waals surface area (Å²) in [6.45, 7) is 1.05. The first-order chi connectivity index (χ1) is 4.88. The molecule has 1 N–H and O–H groups in total. The monoisotopic (exact) mass is 137 g/mol. The molecule has 3 nitrogen and oxygen atoms in total. The van der Waals surface area contributed by atoms with E-state index in [0.29, 0.717) is 13.2 Å². The van der Waals surface area contributed by atoms with Crippen LogP contribution in [0.3, 0.4) is 0 Å². The van der Waals surface area contributed by atoms with Gasteiger partial charge in [-0.2, -0.15) is 0 Å². The largest absolute Gasteiger partial charge is 0.372 e. The number of aromatic amines is 1. The molecule has 1 aromatic heterocycles. The van der Waals surface area contributed by atoms with Crippen LogP contribution in [-0.2, 0) is 18.0 Å². The van der Waals surface area contributed by atoms with Crippen molar-refractivity contribution in [2.45, 2.75) is 13.2 Å². The smallest absolute Gasteiger partial charge is 0.253 e. The summed E-state index contributed by atoms with van der Waals surface area (Å²) < 4.78 is 5.08. The van der Waals surface area contributed by atoms with Crippen LogP contribution in [0.4, 0.5) is 0 Å². The van der Waals surface area contributed by atoms with Crippen molar-refractivity contribution in [3.05, 3.63) is 33.7 Å². The number of fused-ring (bicyclic) bond motifs is 1. The van der Waals surface area contributed by atoms with Gasteiger partial charge in [-0.05, 0) is 11.6 Å². The maximum absolute atomic E-state index is 11.0. The van der Waals surface area contributed by atoms with Crippen LogP contribution in [0.15, 0.2) is 17.1 Å². The standard InChI is InChI=1S/C7H7NO2/c9-7-6-4-10-3-5(6)1-2-8-7/h1-2H,3-4H2,(H,8,9). The third kappa shape index (κ3) is 0.675. The second kappa shape index (κ2) is 1.95. The lowest BCUT2D eigenvalue weighted by atomic mass is 10.2. The molecule has 10 heavy (non-hydrogen) atoms. The highest BCUT2D eigenvalue weighted by molar-refractivity contribution is 5.24. The lowest BCUT2D eigenvalue weighted by molar-refractivity contribution is 0.134. The maximum atomic E-state index is 11.0. The molecule has 0 spiro atoms. The van der Waals surface area contributed by atoms with E-state index in [-0.39, 0.29) is 5.56 Å². The normalized spacial score (nSPS) is 15.2. The molecule has 1 aliphatic rings. The average Bonchev–Trinajstić information content (AvgIpc) is 2.36. The molecule has 1 aromatic rings. The molecule has 0 fully saturated rings. The highest BCUT2D eigenvalue weighted by Crippen LogP contribution is 2.13. The van der Waals surface area contributed by atoms with Crippen LogP contribution in [0.2, 0.25) is 0 Å². The topological polar surface area (TPSA) is 42.1 Å². The molecule has 0 aromatic carbocycles. The summed E-state index contributed by atoms with van der Waals surface area (Å²) in [5, 5.41) is 0. The van der Waals surface area contributed by atoms with Crippen LogP contribution in [0.5, 0.6) is 0 Å². The van der Waals surface area contributed by atoms with E-state index in [4.69, 9.17) is 4.74 Å². The minimum atomic E-state index is -0.0185. The van der Waals surface area contributed by atoms with E-state index < -0.39 is 0 Å². The summed E-state index contributed by atoms with van der Waals surface area (Å²) in [4.78, 5) is 13.6. The Morgan fingerprint density at radius 1 is 1.50 bits per heavy atom. The van der Waals surface area contributed by atoms with Gasteiger partial charge in [-0.25, -0.2) is 0 Å². The van der Waals surface area contributed by atoms with E-state index in [9.17, 15) is 4.79 Å². The average molecular weight is 137 g/mol. The van der Waals surface area contributed by atoms with Gasteiger partial charge in [-0.1, -0.05) is 0 Å². The summed E-state index contributed by atoms with van der Waals surface area (Å²) >= 11 is 0. The first-order valence-corrected chi connectivity index (χ1v) is 3.15. The third-order valence-corrected chi connectivity index (χ3v) is 1.66. The Morgan fingerprint density at radius 3 is 3.20 bits per heavy atom. The number of hydrogen-bond acceptors (Lipinski definition) is 2. The van der Waals surface area contributed by atoms with E-state index in [2.05, 4.69) is 4.98 Å². The van der Waals surface area contributed by atoms with Gasteiger partial charge in [0.1, 0.15) is 0 Å². The Bertz CT molecular complexity index is 303. The molecular formula is C7H7NO2. The van der Waals surface area contributed by atoms with Crippen LogP contribution in [-0.4, -0.2) is 4.98 Å². The number of H-pyrrole nitrogens is 1. The highest BCUT2D eigenvalue weighted by Gasteiger charge is 2.12. The number of aromatic nitrogens is 1. The summed E-state index contributed by atoms with van der Waals surface area (Å²) in [6, 6.07) is 1.88. The van der Waals surface area contributed by atoms with Crippen molar-refractivity contribution < 1.29 is 4.74 Å². The van der Waals surface area contributed by atoms with Gasteiger partial charge in [0.2, 0.25) is 0 Å². The first kappa shape index (κ1) is 5.68. The fraction of sp³-hybridized carbons (Fsp3) is 0.286. The second-order valence-electron chi connectivity index (χ2n) is 2.30. The van der Waals surface area contributed by atoms with Crippen molar-refractivity contribution in [3.8, 4) is 0 Å². The van der Waals surface area contributed by atoms with Gasteiger partial charge in [0.15, 0.2) is 0 Å². The molecule has 0 saturated carbocycles. The summed E-state index contributed by atoms with van der Waals surface area (Å²) in [6.07, 6.45) is 1.65. The van der Waals surface area contributed by atoms with E-state index in [0.717, 1.165) is 11.1 Å². The van der Waals surface area contributed by atoms with Crippen LogP contribution in [0, 0.1) is 0 Å². The molecule has 0 radical (unpaired) electrons. The number of hydrogen-bond donors (Lipinski definition) is 1. The van der Waals surface area contributed by atoms with Crippen LogP contribution >= 0.6 is 0 Å². The molecule has 2 heterocycles. The van der Waals surface area contributed by atoms with Crippen LogP contribution in [0.25, 0.3) is 0 Å². The second-order valence-corrected chi connectivity index (χ2v) is 2.30. The van der Waals surface area contributed by atoms with Crippen molar-refractivity contribution in [2.75, 3.05) is 0 Å². The number of nitrogens with one attached hydrogen (secondary N) is 1. The van der Waals surface area contributed by atoms with Crippen molar-refractivity contribution in [1.82, 2.24) is 4.98 Å². The number of rotatable bonds is 0. The lowest BCUT2D eigenvalue weighted by Gasteiger charge is -1.90. The number of pyridine rings is 1. The van der Waals surface area contributed by atoms with Crippen molar-refractivity contribution >= 4 is 0 Å². The van der Waals surface area contributed by atoms with Crippen molar-refractivity contribution in [1.29, 1.82) is 0 Å². The molecule has 0 amide bonds. The minimum Gasteiger partial charge on any atom is -0.372 e. The molecule has 0 atom stereocenters. The van der Waals surface area contributed by atoms with Crippen molar-refractivity contribution in [2.24, 2.45) is 0 Å². The van der Waals surface area contributed by atoms with E-state index in [1.807, 2.05) is 6.07 Å². The Morgan fingerprint density at radius 2 is 2.40 bits per heavy atom. The van der Waals surface area contributed by atoms with E-state index >= 15 is 0 Å². The van der Waals surface area contributed by atoms with Gasteiger partial charge < -0.3 is 9.72 Å². The third-order valence-electron chi connectivity index (χ3n) is 1.66. The molecule has 0 unspecified atom stereocenters. The zero-order valence-electron chi connectivity index (χ0n) is 5.39. The Balaban J connectivity index is 2.70. The Kier molecular flexibility index (Phi) is 1.11. The van der Waals surface area contributed by atoms with Gasteiger partial charge >= 0.3 is 0 Å². The molecule has 2 rings (SSSR count). The van der Waals surface area contributed by atoms with Gasteiger partial charge in [0.05, 0.1) is 13.2 Å². The first-order valence-electron chi connectivity index (χ1n) is 3.15. The highest BCUT2D eigenvalue weighted by atomic mass is 16.5. The molecule has 0 aliphatic carbocycles. The molecule has 3 heteroatoms. The Labute approximate surface area is 57.7 Å². The molecule has 1 aliphatic heterocycles. The van der Waals surface area contributed by atoms with Gasteiger partial charge in [-0.15, -0.1) is 0 Å². The molecule has 0 bridgehead atoms. The zero-order valence-corrected chi connectivity index (χ0v) is 5.39. The summed E-state index contributed by atoms with van der Waals surface area (Å²) in [5.74, 6) is 0. The Hall–Kier alpha value is -1.09. The predicted molar refractivity (Wildman–Crippen MR) is 35.6 cm³/mol. The van der Waals surface area contributed by atoms with Crippen LogP contribution in [0.1, 0.15) is 11.1 Å². The molecular weight excluding hydrogens is 130 g/mol. The fourth-order valence-electron chi connectivity index (χ4n) is 1.11. The minimum absolute atomic E-state index is 0.0185. The summed E-state index contributed by atoms with van der Waals surface area (Å²) in [7, 11) is 0. The maximum Gasteiger partial charge on any atom is 0.253 e. The van der Waals surface area contributed by atoms with Gasteiger partial charge in [-0.3, -0.25) is 4.79 Å². The van der Waals surface area contributed by atoms with Crippen LogP contribution < -0.4 is 5.56 Å². The lowest BCUT2D eigenvalue weighted by Crippen LogP contribution is -2.10. The predicted octanol–water partition coefficient (Wildman–Crippen LogP) is 0.405. The quantitative estimate of drug-likeness (QED) is 0.562. The van der Waals surface area contributed by atoms with Crippen molar-refractivity contribution in [3.63, 3.8) is 0 Å². The zero-order chi connectivity index (χ0) is 6.97. The summed E-state index contributed by atoms with van der Waals surface area (Å²) in [5.41, 5.74) is 1.78. The fourth-order valence-corrected chi connectivity index (χ4v) is 1.11. The SMILES string of the molecule is O=c1[nH]ccc2c1COC2.